The van der Waals surface area contributed by atoms with Gasteiger partial charge in [-0.3, -0.25) is 0 Å². The molecule has 2 aromatic rings. The van der Waals surface area contributed by atoms with E-state index in [1.807, 2.05) is 30.3 Å². The van der Waals surface area contributed by atoms with Crippen LogP contribution in [0.15, 0.2) is 36.4 Å². The number of phenols is 1. The summed E-state index contributed by atoms with van der Waals surface area (Å²) in [6, 6.07) is 10.5. The smallest absolute Gasteiger partial charge is 0.121 e. The lowest BCUT2D eigenvalue weighted by molar-refractivity contribution is 0.163. The fourth-order valence-corrected chi connectivity index (χ4v) is 1.88. The van der Waals surface area contributed by atoms with Crippen LogP contribution in [0.5, 0.6) is 5.75 Å². The molecule has 16 heavy (non-hydrogen) atoms. The Kier molecular flexibility index (Phi) is 2.81. The zero-order valence-corrected chi connectivity index (χ0v) is 9.09. The van der Waals surface area contributed by atoms with Crippen LogP contribution < -0.4 is 5.73 Å². The third-order valence-electron chi connectivity index (χ3n) is 2.80. The number of aliphatic hydroxyl groups is 1. The van der Waals surface area contributed by atoms with Crippen molar-refractivity contribution in [3.63, 3.8) is 0 Å². The average Bonchev–Trinajstić information content (AvgIpc) is 2.28. The van der Waals surface area contributed by atoms with Gasteiger partial charge in [0.05, 0.1) is 12.1 Å². The number of aliphatic hydroxyl groups excluding tert-OH is 1. The van der Waals surface area contributed by atoms with Gasteiger partial charge in [0.25, 0.3) is 0 Å². The monoisotopic (exact) mass is 217 g/mol. The molecule has 0 saturated carbocycles. The van der Waals surface area contributed by atoms with Crippen LogP contribution in [-0.4, -0.2) is 16.3 Å². The van der Waals surface area contributed by atoms with Gasteiger partial charge in [0.2, 0.25) is 0 Å². The Labute approximate surface area is 94.1 Å². The largest absolute Gasteiger partial charge is 0.508 e. The lowest BCUT2D eigenvalue weighted by atomic mass is 9.95. The van der Waals surface area contributed by atoms with Gasteiger partial charge in [0, 0.05) is 5.56 Å². The number of rotatable bonds is 2. The summed E-state index contributed by atoms with van der Waals surface area (Å²) in [7, 11) is 0. The molecule has 0 spiro atoms. The van der Waals surface area contributed by atoms with Gasteiger partial charge in [0.1, 0.15) is 5.75 Å². The molecule has 2 rings (SSSR count). The van der Waals surface area contributed by atoms with E-state index in [1.165, 1.54) is 0 Å². The summed E-state index contributed by atoms with van der Waals surface area (Å²) in [4.78, 5) is 0. The van der Waals surface area contributed by atoms with Gasteiger partial charge in [-0.05, 0) is 23.8 Å². The number of aromatic hydroxyl groups is 1. The molecule has 0 heterocycles. The van der Waals surface area contributed by atoms with E-state index in [9.17, 15) is 10.2 Å². The van der Waals surface area contributed by atoms with Gasteiger partial charge in [-0.25, -0.2) is 0 Å². The zero-order valence-electron chi connectivity index (χ0n) is 9.09. The lowest BCUT2D eigenvalue weighted by Crippen LogP contribution is -2.23. The lowest BCUT2D eigenvalue weighted by Gasteiger charge is -2.18. The predicted molar refractivity (Wildman–Crippen MR) is 64.2 cm³/mol. The maximum atomic E-state index is 9.84. The highest BCUT2D eigenvalue weighted by Crippen LogP contribution is 2.32. The van der Waals surface area contributed by atoms with Crippen molar-refractivity contribution in [3.05, 3.63) is 42.0 Å². The number of benzene rings is 2. The summed E-state index contributed by atoms with van der Waals surface area (Å²) in [5, 5.41) is 21.2. The number of nitrogens with two attached hydrogens (primary N) is 1. The van der Waals surface area contributed by atoms with E-state index >= 15 is 0 Å². The second-order valence-electron chi connectivity index (χ2n) is 3.99. The molecule has 84 valence electrons. The minimum Gasteiger partial charge on any atom is -0.508 e. The van der Waals surface area contributed by atoms with Crippen LogP contribution in [0.4, 0.5) is 0 Å². The molecule has 3 nitrogen and oxygen atoms in total. The molecule has 0 aliphatic heterocycles. The summed E-state index contributed by atoms with van der Waals surface area (Å²) < 4.78 is 0. The molecule has 0 aliphatic carbocycles. The van der Waals surface area contributed by atoms with Gasteiger partial charge >= 0.3 is 0 Å². The second kappa shape index (κ2) is 4.12. The summed E-state index contributed by atoms with van der Waals surface area (Å²) in [5.74, 6) is 0.132. The zero-order chi connectivity index (χ0) is 11.7. The molecule has 3 heteroatoms. The van der Waals surface area contributed by atoms with Gasteiger partial charge in [-0.2, -0.15) is 0 Å². The van der Waals surface area contributed by atoms with Crippen molar-refractivity contribution in [2.45, 2.75) is 19.1 Å². The SMILES string of the molecule is C[C@H](O)[C@H](N)c1c(O)ccc2ccccc12. The standard InChI is InChI=1S/C13H15NO2/c1-8(15)13(14)12-10-5-3-2-4-9(10)6-7-11(12)16/h2-8,13,15-16H,14H2,1H3/t8-,13-/m0/s1. The Morgan fingerprint density at radius 1 is 1.12 bits per heavy atom. The van der Waals surface area contributed by atoms with Crippen LogP contribution in [0.2, 0.25) is 0 Å². The molecule has 0 radical (unpaired) electrons. The van der Waals surface area contributed by atoms with Crippen molar-refractivity contribution in [3.8, 4) is 5.75 Å². The van der Waals surface area contributed by atoms with E-state index in [0.29, 0.717) is 5.56 Å². The summed E-state index contributed by atoms with van der Waals surface area (Å²) >= 11 is 0. The summed E-state index contributed by atoms with van der Waals surface area (Å²) in [5.41, 5.74) is 6.50. The predicted octanol–water partition coefficient (Wildman–Crippen LogP) is 1.93. The quantitative estimate of drug-likeness (QED) is 0.720. The first-order valence-corrected chi connectivity index (χ1v) is 5.25. The first-order chi connectivity index (χ1) is 7.61. The minimum atomic E-state index is -0.697. The molecule has 0 aliphatic rings. The normalized spacial score (nSPS) is 14.9. The Bertz CT molecular complexity index is 508. The van der Waals surface area contributed by atoms with Crippen LogP contribution in [-0.2, 0) is 0 Å². The second-order valence-corrected chi connectivity index (χ2v) is 3.99. The molecular formula is C13H15NO2. The fourth-order valence-electron chi connectivity index (χ4n) is 1.88. The minimum absolute atomic E-state index is 0.132. The highest BCUT2D eigenvalue weighted by atomic mass is 16.3. The summed E-state index contributed by atoms with van der Waals surface area (Å²) in [6.45, 7) is 1.62. The third kappa shape index (κ3) is 1.75. The van der Waals surface area contributed by atoms with E-state index in [-0.39, 0.29) is 5.75 Å². The molecule has 0 aromatic heterocycles. The molecule has 0 saturated heterocycles. The maximum absolute atomic E-state index is 9.84. The van der Waals surface area contributed by atoms with Gasteiger partial charge < -0.3 is 15.9 Å². The van der Waals surface area contributed by atoms with E-state index in [0.717, 1.165) is 10.8 Å². The number of phenolic OH excluding ortho intramolecular Hbond substituents is 1. The molecule has 2 aromatic carbocycles. The molecule has 0 bridgehead atoms. The Hall–Kier alpha value is -1.58. The maximum Gasteiger partial charge on any atom is 0.121 e. The molecule has 2 atom stereocenters. The molecule has 0 unspecified atom stereocenters. The summed E-state index contributed by atoms with van der Waals surface area (Å²) in [6.07, 6.45) is -0.697. The van der Waals surface area contributed by atoms with Gasteiger partial charge in [-0.1, -0.05) is 30.3 Å². The van der Waals surface area contributed by atoms with E-state index in [4.69, 9.17) is 5.73 Å². The average molecular weight is 217 g/mol. The Morgan fingerprint density at radius 2 is 1.81 bits per heavy atom. The topological polar surface area (TPSA) is 66.5 Å². The third-order valence-corrected chi connectivity index (χ3v) is 2.80. The van der Waals surface area contributed by atoms with Gasteiger partial charge in [-0.15, -0.1) is 0 Å². The van der Waals surface area contributed by atoms with E-state index in [2.05, 4.69) is 0 Å². The first kappa shape index (κ1) is 10.9. The van der Waals surface area contributed by atoms with Crippen LogP contribution >= 0.6 is 0 Å². The fraction of sp³-hybridized carbons (Fsp3) is 0.231. The van der Waals surface area contributed by atoms with E-state index in [1.54, 1.807) is 13.0 Å². The number of fused-ring (bicyclic) bond motifs is 1. The number of hydrogen-bond acceptors (Lipinski definition) is 3. The van der Waals surface area contributed by atoms with Gasteiger partial charge in [0.15, 0.2) is 0 Å². The van der Waals surface area contributed by atoms with Crippen molar-refractivity contribution in [2.75, 3.05) is 0 Å². The van der Waals surface area contributed by atoms with Crippen molar-refractivity contribution in [1.29, 1.82) is 0 Å². The van der Waals surface area contributed by atoms with Crippen LogP contribution in [0.25, 0.3) is 10.8 Å². The number of hydrogen-bond donors (Lipinski definition) is 3. The molecular weight excluding hydrogens is 202 g/mol. The van der Waals surface area contributed by atoms with Crippen LogP contribution in [0, 0.1) is 0 Å². The Balaban J connectivity index is 2.70. The Morgan fingerprint density at radius 3 is 2.50 bits per heavy atom. The van der Waals surface area contributed by atoms with E-state index < -0.39 is 12.1 Å². The molecule has 4 N–H and O–H groups in total. The van der Waals surface area contributed by atoms with Crippen molar-refractivity contribution in [1.82, 2.24) is 0 Å². The molecule has 0 fully saturated rings. The molecule has 0 amide bonds. The first-order valence-electron chi connectivity index (χ1n) is 5.25. The highest BCUT2D eigenvalue weighted by molar-refractivity contribution is 5.88. The highest BCUT2D eigenvalue weighted by Gasteiger charge is 2.18. The van der Waals surface area contributed by atoms with Crippen LogP contribution in [0.1, 0.15) is 18.5 Å². The van der Waals surface area contributed by atoms with Crippen molar-refractivity contribution in [2.24, 2.45) is 5.73 Å². The van der Waals surface area contributed by atoms with Crippen molar-refractivity contribution >= 4 is 10.8 Å². The van der Waals surface area contributed by atoms with Crippen LogP contribution in [0.3, 0.4) is 0 Å². The van der Waals surface area contributed by atoms with Crippen molar-refractivity contribution < 1.29 is 10.2 Å².